The summed E-state index contributed by atoms with van der Waals surface area (Å²) in [7, 11) is 2.17. The summed E-state index contributed by atoms with van der Waals surface area (Å²) in [5, 5.41) is 0.828. The second-order valence-electron chi connectivity index (χ2n) is 4.94. The van der Waals surface area contributed by atoms with Gasteiger partial charge in [0, 0.05) is 17.1 Å². The van der Waals surface area contributed by atoms with Crippen LogP contribution in [-0.2, 0) is 0 Å². The van der Waals surface area contributed by atoms with E-state index in [0.29, 0.717) is 6.04 Å². The first-order valence-corrected chi connectivity index (χ1v) is 6.75. The molecule has 1 aromatic rings. The molecule has 0 aliphatic heterocycles. The molecule has 2 rings (SSSR count). The number of benzene rings is 1. The first-order chi connectivity index (χ1) is 8.15. The molecule has 17 heavy (non-hydrogen) atoms. The molecule has 0 aromatic heterocycles. The van der Waals surface area contributed by atoms with E-state index in [0.717, 1.165) is 17.0 Å². The van der Waals surface area contributed by atoms with Gasteiger partial charge < -0.3 is 5.73 Å². The Labute approximate surface area is 109 Å². The van der Waals surface area contributed by atoms with Gasteiger partial charge in [-0.25, -0.2) is 0 Å². The Morgan fingerprint density at radius 1 is 1.41 bits per heavy atom. The van der Waals surface area contributed by atoms with Crippen molar-refractivity contribution in [1.29, 1.82) is 0 Å². The molecule has 2 atom stereocenters. The molecule has 0 bridgehead atoms. The van der Waals surface area contributed by atoms with Crippen molar-refractivity contribution in [3.8, 4) is 0 Å². The fraction of sp³-hybridized carbons (Fsp3) is 0.571. The van der Waals surface area contributed by atoms with Crippen LogP contribution in [0.15, 0.2) is 24.3 Å². The molecule has 2 N–H and O–H groups in total. The molecule has 3 heteroatoms. The minimum Gasteiger partial charge on any atom is -0.326 e. The highest BCUT2D eigenvalue weighted by Gasteiger charge is 2.34. The molecule has 0 amide bonds. The van der Waals surface area contributed by atoms with E-state index < -0.39 is 0 Å². The van der Waals surface area contributed by atoms with E-state index in [4.69, 9.17) is 17.3 Å². The average Bonchev–Trinajstić information content (AvgIpc) is 3.15. The van der Waals surface area contributed by atoms with Crippen molar-refractivity contribution in [2.75, 3.05) is 7.05 Å². The van der Waals surface area contributed by atoms with Crippen molar-refractivity contribution in [2.45, 2.75) is 44.3 Å². The van der Waals surface area contributed by atoms with Crippen LogP contribution in [0.3, 0.4) is 0 Å². The average molecular weight is 253 g/mol. The molecule has 0 saturated heterocycles. The van der Waals surface area contributed by atoms with E-state index in [9.17, 15) is 0 Å². The van der Waals surface area contributed by atoms with Crippen molar-refractivity contribution in [3.63, 3.8) is 0 Å². The third-order valence-electron chi connectivity index (χ3n) is 3.66. The zero-order valence-corrected chi connectivity index (χ0v) is 11.3. The number of rotatable bonds is 5. The summed E-state index contributed by atoms with van der Waals surface area (Å²) in [5.41, 5.74) is 7.45. The number of likely N-dealkylation sites (N-methyl/N-ethyl adjacent to an activating group) is 1. The standard InChI is InChI=1S/C14H21ClN2/c1-3-13(16)14(17(2)10-8-9-10)11-6-4-5-7-12(11)15/h4-7,10,13-14H,3,8-9,16H2,1-2H3. The van der Waals surface area contributed by atoms with Crippen molar-refractivity contribution in [1.82, 2.24) is 4.90 Å². The summed E-state index contributed by atoms with van der Waals surface area (Å²) in [6.45, 7) is 2.13. The molecule has 0 spiro atoms. The van der Waals surface area contributed by atoms with Crippen LogP contribution in [0.25, 0.3) is 0 Å². The zero-order chi connectivity index (χ0) is 12.4. The van der Waals surface area contributed by atoms with Crippen molar-refractivity contribution >= 4 is 11.6 Å². The minimum atomic E-state index is 0.139. The van der Waals surface area contributed by atoms with Crippen LogP contribution >= 0.6 is 11.6 Å². The maximum absolute atomic E-state index is 6.31. The summed E-state index contributed by atoms with van der Waals surface area (Å²) >= 11 is 6.31. The van der Waals surface area contributed by atoms with Crippen LogP contribution in [0.1, 0.15) is 37.8 Å². The third kappa shape index (κ3) is 2.82. The largest absolute Gasteiger partial charge is 0.326 e. The Morgan fingerprint density at radius 2 is 2.06 bits per heavy atom. The highest BCUT2D eigenvalue weighted by molar-refractivity contribution is 6.31. The number of hydrogen-bond donors (Lipinski definition) is 1. The van der Waals surface area contributed by atoms with E-state index in [1.807, 2.05) is 18.2 Å². The lowest BCUT2D eigenvalue weighted by Gasteiger charge is -2.33. The fourth-order valence-corrected chi connectivity index (χ4v) is 2.65. The number of halogens is 1. The maximum Gasteiger partial charge on any atom is 0.0513 e. The van der Waals surface area contributed by atoms with E-state index >= 15 is 0 Å². The van der Waals surface area contributed by atoms with Gasteiger partial charge in [-0.1, -0.05) is 36.7 Å². The molecule has 2 unspecified atom stereocenters. The summed E-state index contributed by atoms with van der Waals surface area (Å²) in [5.74, 6) is 0. The molecule has 0 heterocycles. The van der Waals surface area contributed by atoms with Crippen LogP contribution < -0.4 is 5.73 Å². The first kappa shape index (κ1) is 12.9. The lowest BCUT2D eigenvalue weighted by atomic mass is 9.96. The van der Waals surface area contributed by atoms with Gasteiger partial charge in [-0.2, -0.15) is 0 Å². The van der Waals surface area contributed by atoms with Crippen LogP contribution in [0.5, 0.6) is 0 Å². The van der Waals surface area contributed by atoms with Crippen LogP contribution in [-0.4, -0.2) is 24.0 Å². The Morgan fingerprint density at radius 3 is 2.59 bits per heavy atom. The molecule has 1 aliphatic carbocycles. The predicted molar refractivity (Wildman–Crippen MR) is 73.2 cm³/mol. The normalized spacial score (nSPS) is 19.4. The Balaban J connectivity index is 2.29. The third-order valence-corrected chi connectivity index (χ3v) is 4.01. The Kier molecular flexibility index (Phi) is 4.08. The Bertz CT molecular complexity index is 376. The van der Waals surface area contributed by atoms with Gasteiger partial charge >= 0.3 is 0 Å². The maximum atomic E-state index is 6.31. The molecule has 1 saturated carbocycles. The lowest BCUT2D eigenvalue weighted by Crippen LogP contribution is -2.40. The van der Waals surface area contributed by atoms with E-state index in [1.165, 1.54) is 12.8 Å². The van der Waals surface area contributed by atoms with Crippen LogP contribution in [0.2, 0.25) is 5.02 Å². The van der Waals surface area contributed by atoms with E-state index in [-0.39, 0.29) is 12.1 Å². The van der Waals surface area contributed by atoms with Gasteiger partial charge in [0.25, 0.3) is 0 Å². The SMILES string of the molecule is CCC(N)C(c1ccccc1Cl)N(C)C1CC1. The van der Waals surface area contributed by atoms with Gasteiger partial charge in [0.2, 0.25) is 0 Å². The lowest BCUT2D eigenvalue weighted by molar-refractivity contribution is 0.200. The fourth-order valence-electron chi connectivity index (χ4n) is 2.40. The smallest absolute Gasteiger partial charge is 0.0513 e. The molecular weight excluding hydrogens is 232 g/mol. The minimum absolute atomic E-state index is 0.139. The highest BCUT2D eigenvalue weighted by atomic mass is 35.5. The van der Waals surface area contributed by atoms with Crippen molar-refractivity contribution in [2.24, 2.45) is 5.73 Å². The first-order valence-electron chi connectivity index (χ1n) is 6.37. The number of nitrogens with zero attached hydrogens (tertiary/aromatic N) is 1. The summed E-state index contributed by atoms with van der Waals surface area (Å²) in [4.78, 5) is 2.40. The van der Waals surface area contributed by atoms with Crippen LogP contribution in [0.4, 0.5) is 0 Å². The second kappa shape index (κ2) is 5.38. The molecule has 1 fully saturated rings. The van der Waals surface area contributed by atoms with Gasteiger partial charge in [0.1, 0.15) is 0 Å². The van der Waals surface area contributed by atoms with Gasteiger partial charge in [0.05, 0.1) is 6.04 Å². The molecule has 1 aliphatic rings. The van der Waals surface area contributed by atoms with Crippen LogP contribution in [0, 0.1) is 0 Å². The molecule has 1 aromatic carbocycles. The zero-order valence-electron chi connectivity index (χ0n) is 10.6. The Hall–Kier alpha value is -0.570. The van der Waals surface area contributed by atoms with Gasteiger partial charge in [-0.05, 0) is 37.9 Å². The monoisotopic (exact) mass is 252 g/mol. The number of nitrogens with two attached hydrogens (primary N) is 1. The molecule has 94 valence electrons. The number of hydrogen-bond acceptors (Lipinski definition) is 2. The van der Waals surface area contributed by atoms with E-state index in [1.54, 1.807) is 0 Å². The topological polar surface area (TPSA) is 29.3 Å². The van der Waals surface area contributed by atoms with Gasteiger partial charge in [-0.15, -0.1) is 0 Å². The second-order valence-corrected chi connectivity index (χ2v) is 5.34. The highest BCUT2D eigenvalue weighted by Crippen LogP contribution is 2.37. The predicted octanol–water partition coefficient (Wildman–Crippen LogP) is 3.21. The summed E-state index contributed by atoms with van der Waals surface area (Å²) in [6.07, 6.45) is 3.54. The summed E-state index contributed by atoms with van der Waals surface area (Å²) in [6, 6.07) is 9.12. The van der Waals surface area contributed by atoms with Gasteiger partial charge in [-0.3, -0.25) is 4.90 Å². The molecule has 0 radical (unpaired) electrons. The van der Waals surface area contributed by atoms with Crippen molar-refractivity contribution < 1.29 is 0 Å². The molecule has 2 nitrogen and oxygen atoms in total. The van der Waals surface area contributed by atoms with E-state index in [2.05, 4.69) is 24.9 Å². The summed E-state index contributed by atoms with van der Waals surface area (Å²) < 4.78 is 0. The van der Waals surface area contributed by atoms with Gasteiger partial charge in [0.15, 0.2) is 0 Å². The quantitative estimate of drug-likeness (QED) is 0.872. The molecular formula is C14H21ClN2. The van der Waals surface area contributed by atoms with Crippen molar-refractivity contribution in [3.05, 3.63) is 34.9 Å².